The van der Waals surface area contributed by atoms with Crippen LogP contribution in [0.1, 0.15) is 12.8 Å². The number of carbonyl (C=O) groups excluding carboxylic acids is 1. The van der Waals surface area contributed by atoms with E-state index >= 15 is 0 Å². The number of aliphatic hydroxyl groups is 1. The van der Waals surface area contributed by atoms with Gasteiger partial charge in [-0.1, -0.05) is 18.2 Å². The number of esters is 1. The molecule has 0 aromatic rings. The molecule has 3 aliphatic rings. The van der Waals surface area contributed by atoms with Gasteiger partial charge in [-0.3, -0.25) is 4.79 Å². The molecule has 5 atom stereocenters. The maximum atomic E-state index is 11.8. The van der Waals surface area contributed by atoms with Crippen LogP contribution in [0, 0.1) is 23.2 Å². The third-order valence-electron chi connectivity index (χ3n) is 4.49. The number of allylic oxidation sites excluding steroid dienone is 2. The molecule has 86 valence electrons. The highest BCUT2D eigenvalue weighted by Gasteiger charge is 2.61. The van der Waals surface area contributed by atoms with Gasteiger partial charge in [-0.2, -0.15) is 0 Å². The van der Waals surface area contributed by atoms with Crippen molar-refractivity contribution in [2.75, 3.05) is 6.61 Å². The molecule has 1 spiro atoms. The molecule has 1 N–H and O–H groups in total. The monoisotopic (exact) mass is 220 g/mol. The van der Waals surface area contributed by atoms with Gasteiger partial charge in [-0.05, 0) is 24.7 Å². The van der Waals surface area contributed by atoms with Gasteiger partial charge in [0.1, 0.15) is 0 Å². The van der Waals surface area contributed by atoms with E-state index < -0.39 is 12.0 Å². The molecule has 2 aliphatic carbocycles. The molecule has 2 fully saturated rings. The predicted octanol–water partition coefficient (Wildman–Crippen LogP) is 1.29. The van der Waals surface area contributed by atoms with E-state index in [4.69, 9.17) is 4.74 Å². The third kappa shape index (κ3) is 1.09. The van der Waals surface area contributed by atoms with Crippen molar-refractivity contribution in [3.05, 3.63) is 24.8 Å². The molecule has 0 aromatic carbocycles. The highest BCUT2D eigenvalue weighted by atomic mass is 16.5. The Kier molecular flexibility index (Phi) is 2.02. The van der Waals surface area contributed by atoms with Crippen LogP contribution in [0.3, 0.4) is 0 Å². The first-order chi connectivity index (χ1) is 7.67. The number of hydrogen-bond acceptors (Lipinski definition) is 3. The van der Waals surface area contributed by atoms with E-state index in [-0.39, 0.29) is 11.4 Å². The summed E-state index contributed by atoms with van der Waals surface area (Å²) < 4.78 is 5.20. The van der Waals surface area contributed by atoms with Crippen molar-refractivity contribution in [2.24, 2.45) is 23.2 Å². The molecular weight excluding hydrogens is 204 g/mol. The van der Waals surface area contributed by atoms with Gasteiger partial charge in [0, 0.05) is 5.41 Å². The minimum Gasteiger partial charge on any atom is -0.465 e. The van der Waals surface area contributed by atoms with Gasteiger partial charge < -0.3 is 9.84 Å². The maximum Gasteiger partial charge on any atom is 0.312 e. The number of fused-ring (bicyclic) bond motifs is 3. The average Bonchev–Trinajstić information content (AvgIpc) is 2.94. The molecule has 2 bridgehead atoms. The lowest BCUT2D eigenvalue weighted by atomic mass is 9.66. The number of cyclic esters (lactones) is 1. The van der Waals surface area contributed by atoms with Crippen LogP contribution in [0.15, 0.2) is 24.8 Å². The van der Waals surface area contributed by atoms with Gasteiger partial charge in [0.25, 0.3) is 0 Å². The molecule has 3 nitrogen and oxygen atoms in total. The zero-order chi connectivity index (χ0) is 11.3. The standard InChI is InChI=1S/C13H16O3/c1-2-10(14)11-12(15)16-7-13(11)6-8-3-4-9(13)5-8/h2-4,8-11,14H,1,5-7H2/t8-,9+,10-,11-,13+/m1/s1. The summed E-state index contributed by atoms with van der Waals surface area (Å²) in [5.41, 5.74) is -0.163. The Morgan fingerprint density at radius 1 is 1.62 bits per heavy atom. The quantitative estimate of drug-likeness (QED) is 0.563. The number of ether oxygens (including phenoxy) is 1. The van der Waals surface area contributed by atoms with Crippen molar-refractivity contribution in [1.29, 1.82) is 0 Å². The summed E-state index contributed by atoms with van der Waals surface area (Å²) in [4.78, 5) is 11.8. The highest BCUT2D eigenvalue weighted by Crippen LogP contribution is 2.59. The van der Waals surface area contributed by atoms with Gasteiger partial charge in [-0.15, -0.1) is 6.58 Å². The molecule has 0 radical (unpaired) electrons. The maximum absolute atomic E-state index is 11.8. The molecule has 16 heavy (non-hydrogen) atoms. The molecule has 3 rings (SSSR count). The van der Waals surface area contributed by atoms with Crippen LogP contribution in [0.25, 0.3) is 0 Å². The van der Waals surface area contributed by atoms with Crippen molar-refractivity contribution in [3.63, 3.8) is 0 Å². The lowest BCUT2D eigenvalue weighted by Crippen LogP contribution is -2.41. The Bertz CT molecular complexity index is 373. The van der Waals surface area contributed by atoms with Crippen LogP contribution >= 0.6 is 0 Å². The van der Waals surface area contributed by atoms with E-state index in [1.165, 1.54) is 6.08 Å². The summed E-state index contributed by atoms with van der Waals surface area (Å²) in [6.07, 6.45) is 7.18. The van der Waals surface area contributed by atoms with Crippen LogP contribution in [-0.2, 0) is 9.53 Å². The Labute approximate surface area is 94.8 Å². The first-order valence-corrected chi connectivity index (χ1v) is 5.83. The second kappa shape index (κ2) is 3.20. The van der Waals surface area contributed by atoms with Crippen LogP contribution in [-0.4, -0.2) is 23.8 Å². The van der Waals surface area contributed by atoms with Gasteiger partial charge in [0.15, 0.2) is 0 Å². The predicted molar refractivity (Wildman–Crippen MR) is 58.4 cm³/mol. The van der Waals surface area contributed by atoms with Crippen LogP contribution < -0.4 is 0 Å². The number of carbonyl (C=O) groups is 1. The zero-order valence-corrected chi connectivity index (χ0v) is 9.13. The lowest BCUT2D eigenvalue weighted by molar-refractivity contribution is -0.143. The van der Waals surface area contributed by atoms with E-state index in [2.05, 4.69) is 18.7 Å². The Balaban J connectivity index is 1.98. The van der Waals surface area contributed by atoms with Crippen LogP contribution in [0.5, 0.6) is 0 Å². The first kappa shape index (κ1) is 10.1. The zero-order valence-electron chi connectivity index (χ0n) is 9.13. The van der Waals surface area contributed by atoms with Crippen molar-refractivity contribution in [1.82, 2.24) is 0 Å². The van der Waals surface area contributed by atoms with Gasteiger partial charge >= 0.3 is 5.97 Å². The smallest absolute Gasteiger partial charge is 0.312 e. The minimum atomic E-state index is -0.775. The van der Waals surface area contributed by atoms with E-state index in [1.54, 1.807) is 0 Å². The third-order valence-corrected chi connectivity index (χ3v) is 4.49. The molecule has 0 amide bonds. The van der Waals surface area contributed by atoms with Crippen LogP contribution in [0.4, 0.5) is 0 Å². The van der Waals surface area contributed by atoms with Gasteiger partial charge in [0.2, 0.25) is 0 Å². The fourth-order valence-corrected chi connectivity index (χ4v) is 3.75. The average molecular weight is 220 g/mol. The largest absolute Gasteiger partial charge is 0.465 e. The Morgan fingerprint density at radius 3 is 3.00 bits per heavy atom. The SMILES string of the molecule is C=C[C@@H](O)[C@@H]1C(=O)OC[C@]12C[C@@H]1C=C[C@H]2C1. The highest BCUT2D eigenvalue weighted by molar-refractivity contribution is 5.77. The summed E-state index contributed by atoms with van der Waals surface area (Å²) in [5.74, 6) is 0.292. The van der Waals surface area contributed by atoms with E-state index in [0.29, 0.717) is 18.4 Å². The number of hydrogen-bond donors (Lipinski definition) is 1. The second-order valence-electron chi connectivity index (χ2n) is 5.24. The van der Waals surface area contributed by atoms with Crippen molar-refractivity contribution in [3.8, 4) is 0 Å². The second-order valence-corrected chi connectivity index (χ2v) is 5.24. The molecule has 3 heteroatoms. The first-order valence-electron chi connectivity index (χ1n) is 5.83. The van der Waals surface area contributed by atoms with Crippen molar-refractivity contribution in [2.45, 2.75) is 18.9 Å². The van der Waals surface area contributed by atoms with E-state index in [0.717, 1.165) is 12.8 Å². The summed E-state index contributed by atoms with van der Waals surface area (Å²) in [6, 6.07) is 0. The topological polar surface area (TPSA) is 46.5 Å². The van der Waals surface area contributed by atoms with Gasteiger partial charge in [-0.25, -0.2) is 0 Å². The fraction of sp³-hybridized carbons (Fsp3) is 0.615. The minimum absolute atomic E-state index is 0.163. The summed E-state index contributed by atoms with van der Waals surface area (Å²) in [6.45, 7) is 4.05. The van der Waals surface area contributed by atoms with Gasteiger partial charge in [0.05, 0.1) is 18.6 Å². The van der Waals surface area contributed by atoms with Crippen LogP contribution in [0.2, 0.25) is 0 Å². The number of aliphatic hydroxyl groups excluding tert-OH is 1. The van der Waals surface area contributed by atoms with E-state index in [1.807, 2.05) is 0 Å². The summed E-state index contributed by atoms with van der Waals surface area (Å²) >= 11 is 0. The fourth-order valence-electron chi connectivity index (χ4n) is 3.75. The number of rotatable bonds is 2. The molecule has 0 aromatic heterocycles. The molecule has 0 unspecified atom stereocenters. The molecule has 1 aliphatic heterocycles. The normalized spacial score (nSPS) is 46.3. The molecule has 1 heterocycles. The Morgan fingerprint density at radius 2 is 2.44 bits per heavy atom. The lowest BCUT2D eigenvalue weighted by Gasteiger charge is -2.34. The van der Waals surface area contributed by atoms with E-state index in [9.17, 15) is 9.90 Å². The molecule has 1 saturated heterocycles. The molecule has 1 saturated carbocycles. The summed E-state index contributed by atoms with van der Waals surface area (Å²) in [7, 11) is 0. The summed E-state index contributed by atoms with van der Waals surface area (Å²) in [5, 5.41) is 9.94. The molecular formula is C13H16O3. The van der Waals surface area contributed by atoms with Crippen molar-refractivity contribution >= 4 is 5.97 Å². The Hall–Kier alpha value is -1.09. The van der Waals surface area contributed by atoms with Crippen molar-refractivity contribution < 1.29 is 14.6 Å².